The summed E-state index contributed by atoms with van der Waals surface area (Å²) in [6.07, 6.45) is -4.70. The van der Waals surface area contributed by atoms with Gasteiger partial charge in [-0.05, 0) is 23.8 Å². The standard InChI is InChI=1S/C14H17F3N2O2/c1-19(2)11-6-3-10(4-7-11)5-8-13(21)18-9-12(20)14(15,16)17/h3-8,12,20H,9H2,1-2H3,(H,18,21)/b8-5+. The van der Waals surface area contributed by atoms with Gasteiger partial charge in [0, 0.05) is 25.9 Å². The second-order valence-electron chi connectivity index (χ2n) is 4.62. The van der Waals surface area contributed by atoms with Crippen molar-refractivity contribution >= 4 is 17.7 Å². The highest BCUT2D eigenvalue weighted by atomic mass is 19.4. The largest absolute Gasteiger partial charge is 0.416 e. The lowest BCUT2D eigenvalue weighted by atomic mass is 10.2. The molecule has 21 heavy (non-hydrogen) atoms. The average Bonchev–Trinajstić information content (AvgIpc) is 2.41. The van der Waals surface area contributed by atoms with Crippen LogP contribution in [-0.2, 0) is 4.79 Å². The van der Waals surface area contributed by atoms with Gasteiger partial charge in [-0.25, -0.2) is 0 Å². The van der Waals surface area contributed by atoms with Crippen molar-refractivity contribution in [3.05, 3.63) is 35.9 Å². The molecule has 1 rings (SSSR count). The van der Waals surface area contributed by atoms with Crippen molar-refractivity contribution in [2.45, 2.75) is 12.3 Å². The van der Waals surface area contributed by atoms with Crippen molar-refractivity contribution in [1.82, 2.24) is 5.32 Å². The number of alkyl halides is 3. The first-order chi connectivity index (χ1) is 9.70. The Labute approximate surface area is 120 Å². The van der Waals surface area contributed by atoms with E-state index in [9.17, 15) is 18.0 Å². The number of aliphatic hydroxyl groups is 1. The summed E-state index contributed by atoms with van der Waals surface area (Å²) in [5.41, 5.74) is 1.73. The van der Waals surface area contributed by atoms with E-state index in [0.717, 1.165) is 17.3 Å². The highest BCUT2D eigenvalue weighted by Crippen LogP contribution is 2.19. The van der Waals surface area contributed by atoms with Crippen LogP contribution in [0.3, 0.4) is 0 Å². The van der Waals surface area contributed by atoms with Crippen LogP contribution >= 0.6 is 0 Å². The van der Waals surface area contributed by atoms with Gasteiger partial charge >= 0.3 is 6.18 Å². The number of aliphatic hydroxyl groups excluding tert-OH is 1. The average molecular weight is 302 g/mol. The Hall–Kier alpha value is -2.02. The summed E-state index contributed by atoms with van der Waals surface area (Å²) in [7, 11) is 3.79. The molecule has 0 saturated heterocycles. The van der Waals surface area contributed by atoms with Gasteiger partial charge in [0.1, 0.15) is 0 Å². The maximum absolute atomic E-state index is 12.0. The lowest BCUT2D eigenvalue weighted by Gasteiger charge is -2.14. The highest BCUT2D eigenvalue weighted by molar-refractivity contribution is 5.91. The lowest BCUT2D eigenvalue weighted by Crippen LogP contribution is -2.40. The molecule has 1 aromatic carbocycles. The molecule has 2 N–H and O–H groups in total. The number of amides is 1. The van der Waals surface area contributed by atoms with Gasteiger partial charge in [0.25, 0.3) is 0 Å². The second kappa shape index (κ2) is 7.12. The van der Waals surface area contributed by atoms with Crippen LogP contribution in [0.2, 0.25) is 0 Å². The third kappa shape index (κ3) is 5.86. The van der Waals surface area contributed by atoms with E-state index in [2.05, 4.69) is 0 Å². The monoisotopic (exact) mass is 302 g/mol. The van der Waals surface area contributed by atoms with Crippen LogP contribution in [-0.4, -0.2) is 43.9 Å². The third-order valence-corrected chi connectivity index (χ3v) is 2.68. The van der Waals surface area contributed by atoms with Crippen molar-refractivity contribution in [1.29, 1.82) is 0 Å². The van der Waals surface area contributed by atoms with Crippen LogP contribution in [0.5, 0.6) is 0 Å². The fourth-order valence-electron chi connectivity index (χ4n) is 1.43. The Balaban J connectivity index is 2.51. The Kier molecular flexibility index (Phi) is 5.78. The summed E-state index contributed by atoms with van der Waals surface area (Å²) in [6.45, 7) is -0.869. The lowest BCUT2D eigenvalue weighted by molar-refractivity contribution is -0.201. The Morgan fingerprint density at radius 3 is 2.38 bits per heavy atom. The number of hydrogen-bond acceptors (Lipinski definition) is 3. The van der Waals surface area contributed by atoms with Crippen molar-refractivity contribution in [2.24, 2.45) is 0 Å². The number of rotatable bonds is 5. The van der Waals surface area contributed by atoms with Crippen molar-refractivity contribution < 1.29 is 23.1 Å². The van der Waals surface area contributed by atoms with E-state index < -0.39 is 24.7 Å². The molecular formula is C14H17F3N2O2. The Bertz CT molecular complexity index is 496. The molecule has 0 radical (unpaired) electrons. The zero-order valence-corrected chi connectivity index (χ0v) is 11.7. The normalized spacial score (nSPS) is 13.2. The van der Waals surface area contributed by atoms with Crippen molar-refractivity contribution in [2.75, 3.05) is 25.5 Å². The van der Waals surface area contributed by atoms with E-state index in [4.69, 9.17) is 5.11 Å². The zero-order valence-electron chi connectivity index (χ0n) is 11.7. The molecule has 1 amide bonds. The number of halogens is 3. The molecule has 0 bridgehead atoms. The Morgan fingerprint density at radius 2 is 1.90 bits per heavy atom. The first kappa shape index (κ1) is 17.0. The van der Waals surface area contributed by atoms with Crippen LogP contribution in [0.1, 0.15) is 5.56 Å². The van der Waals surface area contributed by atoms with Crippen molar-refractivity contribution in [3.8, 4) is 0 Å². The summed E-state index contributed by atoms with van der Waals surface area (Å²) in [5.74, 6) is -0.699. The van der Waals surface area contributed by atoms with E-state index in [1.165, 1.54) is 6.08 Å². The Morgan fingerprint density at radius 1 is 1.33 bits per heavy atom. The number of benzene rings is 1. The fraction of sp³-hybridized carbons (Fsp3) is 0.357. The maximum Gasteiger partial charge on any atom is 0.416 e. The van der Waals surface area contributed by atoms with Crippen LogP contribution in [0, 0.1) is 0 Å². The molecule has 0 fully saturated rings. The summed E-state index contributed by atoms with van der Waals surface area (Å²) in [6, 6.07) is 7.27. The van der Waals surface area contributed by atoms with Gasteiger partial charge in [-0.15, -0.1) is 0 Å². The molecule has 0 aliphatic carbocycles. The van der Waals surface area contributed by atoms with Gasteiger partial charge in [-0.1, -0.05) is 12.1 Å². The molecule has 1 atom stereocenters. The quantitative estimate of drug-likeness (QED) is 0.816. The predicted octanol–water partition coefficient (Wildman–Crippen LogP) is 1.81. The summed E-state index contributed by atoms with van der Waals surface area (Å²) < 4.78 is 36.1. The van der Waals surface area contributed by atoms with Gasteiger partial charge in [0.2, 0.25) is 5.91 Å². The molecule has 0 spiro atoms. The van der Waals surface area contributed by atoms with Crippen LogP contribution in [0.25, 0.3) is 6.08 Å². The molecule has 0 aliphatic rings. The summed E-state index contributed by atoms with van der Waals surface area (Å²) in [4.78, 5) is 13.3. The van der Waals surface area contributed by atoms with Crippen LogP contribution in [0.4, 0.5) is 18.9 Å². The summed E-state index contributed by atoms with van der Waals surface area (Å²) in [5, 5.41) is 10.7. The van der Waals surface area contributed by atoms with Gasteiger partial charge in [-0.3, -0.25) is 4.79 Å². The van der Waals surface area contributed by atoms with Gasteiger partial charge in [-0.2, -0.15) is 13.2 Å². The van der Waals surface area contributed by atoms with E-state index >= 15 is 0 Å². The van der Waals surface area contributed by atoms with E-state index in [1.54, 1.807) is 12.1 Å². The molecule has 0 heterocycles. The first-order valence-corrected chi connectivity index (χ1v) is 6.18. The molecule has 7 heteroatoms. The van der Waals surface area contributed by atoms with Gasteiger partial charge in [0.15, 0.2) is 6.10 Å². The number of nitrogens with one attached hydrogen (secondary N) is 1. The van der Waals surface area contributed by atoms with E-state index in [1.807, 2.05) is 36.4 Å². The second-order valence-corrected chi connectivity index (χ2v) is 4.62. The van der Waals surface area contributed by atoms with E-state index in [-0.39, 0.29) is 0 Å². The molecule has 0 aliphatic heterocycles. The van der Waals surface area contributed by atoms with E-state index in [0.29, 0.717) is 0 Å². The SMILES string of the molecule is CN(C)c1ccc(/C=C/C(=O)NCC(O)C(F)(F)F)cc1. The highest BCUT2D eigenvalue weighted by Gasteiger charge is 2.37. The first-order valence-electron chi connectivity index (χ1n) is 6.18. The molecular weight excluding hydrogens is 285 g/mol. The maximum atomic E-state index is 12.0. The fourth-order valence-corrected chi connectivity index (χ4v) is 1.43. The van der Waals surface area contributed by atoms with Gasteiger partial charge < -0.3 is 15.3 Å². The molecule has 116 valence electrons. The molecule has 1 aromatic rings. The minimum Gasteiger partial charge on any atom is -0.382 e. The van der Waals surface area contributed by atoms with Crippen molar-refractivity contribution in [3.63, 3.8) is 0 Å². The minimum atomic E-state index is -4.74. The zero-order chi connectivity index (χ0) is 16.0. The molecule has 4 nitrogen and oxygen atoms in total. The van der Waals surface area contributed by atoms with Crippen LogP contribution in [0.15, 0.2) is 30.3 Å². The number of carbonyl (C=O) groups is 1. The molecule has 0 aromatic heterocycles. The molecule has 1 unspecified atom stereocenters. The smallest absolute Gasteiger partial charge is 0.382 e. The number of anilines is 1. The third-order valence-electron chi connectivity index (χ3n) is 2.68. The predicted molar refractivity (Wildman–Crippen MR) is 74.9 cm³/mol. The molecule has 0 saturated carbocycles. The van der Waals surface area contributed by atoms with Gasteiger partial charge in [0.05, 0.1) is 6.54 Å². The number of carbonyl (C=O) groups excluding carboxylic acids is 1. The number of nitrogens with zero attached hydrogens (tertiary/aromatic N) is 1. The minimum absolute atomic E-state index is 0.699. The summed E-state index contributed by atoms with van der Waals surface area (Å²) >= 11 is 0. The topological polar surface area (TPSA) is 52.6 Å². The van der Waals surface area contributed by atoms with Crippen LogP contribution < -0.4 is 10.2 Å². The number of hydrogen-bond donors (Lipinski definition) is 2.